The molecular weight excluding hydrogens is 422 g/mol. The fourth-order valence-electron chi connectivity index (χ4n) is 3.94. The second-order valence-corrected chi connectivity index (χ2v) is 8.12. The van der Waals surface area contributed by atoms with Gasteiger partial charge in [-0.2, -0.15) is 0 Å². The molecule has 7 heteroatoms. The van der Waals surface area contributed by atoms with Crippen LogP contribution in [0.5, 0.6) is 5.75 Å². The van der Waals surface area contributed by atoms with Gasteiger partial charge in [-0.15, -0.1) is 0 Å². The van der Waals surface area contributed by atoms with Gasteiger partial charge < -0.3 is 19.9 Å². The number of Topliss-reactive ketones (excluding diaryl/α,β-unsaturated/α-hetero) is 2. The summed E-state index contributed by atoms with van der Waals surface area (Å²) in [5.41, 5.74) is 6.76. The molecule has 0 saturated carbocycles. The van der Waals surface area contributed by atoms with Crippen LogP contribution in [-0.4, -0.2) is 38.3 Å². The minimum Gasteiger partial charge on any atom is -0.493 e. The van der Waals surface area contributed by atoms with Gasteiger partial charge in [-0.3, -0.25) is 14.4 Å². The van der Waals surface area contributed by atoms with Crippen LogP contribution in [0.25, 0.3) is 0 Å². The third-order valence-corrected chi connectivity index (χ3v) is 5.83. The van der Waals surface area contributed by atoms with E-state index in [2.05, 4.69) is 0 Å². The van der Waals surface area contributed by atoms with E-state index in [1.165, 1.54) is 14.2 Å². The number of hydrogen-bond acceptors (Lipinski definition) is 6. The third-order valence-electron chi connectivity index (χ3n) is 5.83. The number of primary amides is 1. The maximum Gasteiger partial charge on any atom is 0.252 e. The Morgan fingerprint density at radius 2 is 1.36 bits per heavy atom. The van der Waals surface area contributed by atoms with E-state index in [9.17, 15) is 14.4 Å². The Kier molecular flexibility index (Phi) is 10.7. The van der Waals surface area contributed by atoms with Crippen molar-refractivity contribution < 1.29 is 28.6 Å². The molecule has 1 aromatic rings. The van der Waals surface area contributed by atoms with Gasteiger partial charge in [0.2, 0.25) is 23.1 Å². The van der Waals surface area contributed by atoms with E-state index < -0.39 is 5.91 Å². The van der Waals surface area contributed by atoms with Gasteiger partial charge in [0.1, 0.15) is 5.75 Å². The number of rotatable bonds is 15. The van der Waals surface area contributed by atoms with Crippen LogP contribution in [0.15, 0.2) is 46.9 Å². The normalized spacial score (nSPS) is 14.0. The first kappa shape index (κ1) is 26.2. The number of carbonyl (C=O) groups is 3. The lowest BCUT2D eigenvalue weighted by Gasteiger charge is -2.20. The average Bonchev–Trinajstić information content (AvgIpc) is 2.81. The van der Waals surface area contributed by atoms with Crippen LogP contribution in [0.2, 0.25) is 0 Å². The summed E-state index contributed by atoms with van der Waals surface area (Å²) in [6.45, 7) is 2.24. The van der Waals surface area contributed by atoms with Crippen LogP contribution in [0.1, 0.15) is 75.1 Å². The van der Waals surface area contributed by atoms with Crippen molar-refractivity contribution in [3.8, 4) is 5.75 Å². The second kappa shape index (κ2) is 13.5. The highest BCUT2D eigenvalue weighted by molar-refractivity contribution is 6.23. The summed E-state index contributed by atoms with van der Waals surface area (Å²) in [7, 11) is 2.75. The Hall–Kier alpha value is -3.09. The molecule has 1 amide bonds. The number of nitrogens with two attached hydrogens (primary N) is 1. The van der Waals surface area contributed by atoms with E-state index in [1.54, 1.807) is 25.1 Å². The number of amides is 1. The SMILES string of the molecule is COC1=C(OC)C(=O)C(CCCCCCCCCCOc2ccccc2C(N)=O)=C(C)C1=O. The number of allylic oxidation sites excluding steroid dienone is 2. The Bertz CT molecular complexity index is 915. The van der Waals surface area contributed by atoms with Crippen LogP contribution in [0.4, 0.5) is 0 Å². The highest BCUT2D eigenvalue weighted by Gasteiger charge is 2.34. The van der Waals surface area contributed by atoms with Crippen molar-refractivity contribution in [1.82, 2.24) is 0 Å². The number of hydrogen-bond donors (Lipinski definition) is 1. The first-order valence-electron chi connectivity index (χ1n) is 11.5. The number of methoxy groups -OCH3 is 2. The fourth-order valence-corrected chi connectivity index (χ4v) is 3.94. The molecule has 2 rings (SSSR count). The molecule has 0 heterocycles. The van der Waals surface area contributed by atoms with Gasteiger partial charge in [0.15, 0.2) is 0 Å². The highest BCUT2D eigenvalue weighted by Crippen LogP contribution is 2.29. The van der Waals surface area contributed by atoms with E-state index in [0.717, 1.165) is 51.4 Å². The van der Waals surface area contributed by atoms with Crippen molar-refractivity contribution in [2.24, 2.45) is 5.73 Å². The van der Waals surface area contributed by atoms with Gasteiger partial charge in [-0.05, 0) is 38.3 Å². The van der Waals surface area contributed by atoms with Crippen LogP contribution in [0.3, 0.4) is 0 Å². The number of para-hydroxylation sites is 1. The van der Waals surface area contributed by atoms with E-state index in [-0.39, 0.29) is 23.1 Å². The predicted molar refractivity (Wildman–Crippen MR) is 126 cm³/mol. The van der Waals surface area contributed by atoms with E-state index >= 15 is 0 Å². The fraction of sp³-hybridized carbons (Fsp3) is 0.500. The molecule has 1 aliphatic carbocycles. The molecule has 0 radical (unpaired) electrons. The standard InChI is InChI=1S/C26H35NO6/c1-18-19(23(29)25(32-3)24(31-2)22(18)28)14-10-8-6-4-5-7-9-13-17-33-21-16-12-11-15-20(21)26(27)30/h11-12,15-16H,4-10,13-14,17H2,1-3H3,(H2,27,30). The van der Waals surface area contributed by atoms with Crippen LogP contribution in [0, 0.1) is 0 Å². The lowest BCUT2D eigenvalue weighted by atomic mass is 9.89. The largest absolute Gasteiger partial charge is 0.493 e. The molecule has 0 aromatic heterocycles. The average molecular weight is 458 g/mol. The van der Waals surface area contributed by atoms with Gasteiger partial charge >= 0.3 is 0 Å². The summed E-state index contributed by atoms with van der Waals surface area (Å²) < 4.78 is 15.9. The topological polar surface area (TPSA) is 105 Å². The molecule has 0 unspecified atom stereocenters. The molecule has 2 N–H and O–H groups in total. The van der Waals surface area contributed by atoms with Gasteiger partial charge in [0.25, 0.3) is 5.91 Å². The molecule has 0 bridgehead atoms. The summed E-state index contributed by atoms with van der Waals surface area (Å²) in [6.07, 6.45) is 8.92. The van der Waals surface area contributed by atoms with Gasteiger partial charge in [-0.1, -0.05) is 50.7 Å². The zero-order valence-corrected chi connectivity index (χ0v) is 19.9. The van der Waals surface area contributed by atoms with Gasteiger partial charge in [0, 0.05) is 11.1 Å². The number of unbranched alkanes of at least 4 members (excludes halogenated alkanes) is 7. The number of ether oxygens (including phenoxy) is 3. The molecule has 0 aliphatic heterocycles. The van der Waals surface area contributed by atoms with E-state index in [1.807, 2.05) is 6.07 Å². The zero-order chi connectivity index (χ0) is 24.2. The molecule has 33 heavy (non-hydrogen) atoms. The van der Waals surface area contributed by atoms with Gasteiger partial charge in [0.05, 0.1) is 26.4 Å². The first-order valence-corrected chi connectivity index (χ1v) is 11.5. The molecule has 0 spiro atoms. The molecule has 0 saturated heterocycles. The predicted octanol–water partition coefficient (Wildman–Crippen LogP) is 4.65. The van der Waals surface area contributed by atoms with Crippen molar-refractivity contribution in [3.63, 3.8) is 0 Å². The first-order chi connectivity index (χ1) is 15.9. The minimum absolute atomic E-state index is 0.00481. The molecule has 7 nitrogen and oxygen atoms in total. The molecular formula is C26H35NO6. The summed E-state index contributed by atoms with van der Waals surface area (Å²) in [5.74, 6) is -0.457. The van der Waals surface area contributed by atoms with Crippen molar-refractivity contribution in [2.75, 3.05) is 20.8 Å². The van der Waals surface area contributed by atoms with Crippen LogP contribution < -0.4 is 10.5 Å². The van der Waals surface area contributed by atoms with E-state index in [4.69, 9.17) is 19.9 Å². The quantitative estimate of drug-likeness (QED) is 0.304. The smallest absolute Gasteiger partial charge is 0.252 e. The van der Waals surface area contributed by atoms with Crippen molar-refractivity contribution >= 4 is 17.5 Å². The third kappa shape index (κ3) is 7.20. The monoisotopic (exact) mass is 457 g/mol. The summed E-state index contributed by atoms with van der Waals surface area (Å²) in [5, 5.41) is 0. The Balaban J connectivity index is 1.58. The summed E-state index contributed by atoms with van der Waals surface area (Å²) in [6, 6.07) is 7.02. The van der Waals surface area contributed by atoms with Crippen molar-refractivity contribution in [2.45, 2.75) is 64.7 Å². The zero-order valence-electron chi connectivity index (χ0n) is 19.9. The Labute approximate surface area is 196 Å². The van der Waals surface area contributed by atoms with Crippen LogP contribution >= 0.6 is 0 Å². The minimum atomic E-state index is -0.480. The number of ketones is 2. The van der Waals surface area contributed by atoms with Crippen molar-refractivity contribution in [1.29, 1.82) is 0 Å². The maximum absolute atomic E-state index is 12.6. The Morgan fingerprint density at radius 1 is 0.818 bits per heavy atom. The highest BCUT2D eigenvalue weighted by atomic mass is 16.5. The maximum atomic E-state index is 12.6. The molecule has 1 aromatic carbocycles. The lowest BCUT2D eigenvalue weighted by molar-refractivity contribution is -0.121. The van der Waals surface area contributed by atoms with Gasteiger partial charge in [-0.25, -0.2) is 0 Å². The molecule has 180 valence electrons. The molecule has 0 fully saturated rings. The summed E-state index contributed by atoms with van der Waals surface area (Å²) >= 11 is 0. The summed E-state index contributed by atoms with van der Waals surface area (Å²) in [4.78, 5) is 36.4. The number of carbonyl (C=O) groups excluding carboxylic acids is 3. The van der Waals surface area contributed by atoms with E-state index in [0.29, 0.717) is 35.5 Å². The van der Waals surface area contributed by atoms with Crippen molar-refractivity contribution in [3.05, 3.63) is 52.5 Å². The second-order valence-electron chi connectivity index (χ2n) is 8.12. The Morgan fingerprint density at radius 3 is 1.97 bits per heavy atom. The van der Waals surface area contributed by atoms with Crippen LogP contribution in [-0.2, 0) is 19.1 Å². The molecule has 1 aliphatic rings. The lowest BCUT2D eigenvalue weighted by Crippen LogP contribution is -2.25. The molecule has 0 atom stereocenters. The number of benzene rings is 1.